The highest BCUT2D eigenvalue weighted by molar-refractivity contribution is 6.31. The number of rotatable bonds is 2. The molecule has 0 saturated carbocycles. The first kappa shape index (κ1) is 14.1. The van der Waals surface area contributed by atoms with Crippen molar-refractivity contribution in [2.45, 2.75) is 6.10 Å². The Morgan fingerprint density at radius 3 is 2.43 bits per heavy atom. The van der Waals surface area contributed by atoms with Crippen molar-refractivity contribution in [3.8, 4) is 11.5 Å². The zero-order valence-corrected chi connectivity index (χ0v) is 11.5. The first-order chi connectivity index (χ1) is 10.1. The topological polar surface area (TPSA) is 38.7 Å². The third kappa shape index (κ3) is 2.54. The van der Waals surface area contributed by atoms with Gasteiger partial charge in [0.1, 0.15) is 19.3 Å². The van der Waals surface area contributed by atoms with Crippen LogP contribution in [0.3, 0.4) is 0 Å². The summed E-state index contributed by atoms with van der Waals surface area (Å²) >= 11 is 6.09. The Labute approximate surface area is 124 Å². The van der Waals surface area contributed by atoms with Gasteiger partial charge >= 0.3 is 0 Å². The summed E-state index contributed by atoms with van der Waals surface area (Å²) < 4.78 is 37.8. The molecule has 0 bridgehead atoms. The van der Waals surface area contributed by atoms with Crippen molar-refractivity contribution in [1.29, 1.82) is 0 Å². The molecule has 0 fully saturated rings. The molecule has 0 aliphatic carbocycles. The van der Waals surface area contributed by atoms with Crippen molar-refractivity contribution in [3.05, 3.63) is 58.1 Å². The Bertz CT molecular complexity index is 691. The van der Waals surface area contributed by atoms with Crippen molar-refractivity contribution in [2.24, 2.45) is 0 Å². The number of hydrogen-bond donors (Lipinski definition) is 1. The standard InChI is InChI=1S/C15H11ClF2O3/c16-10-7-13-12(20-4-5-21-13)6-9(10)15(19)8-2-1-3-11(17)14(8)18/h1-3,6-7,15,19H,4-5H2. The van der Waals surface area contributed by atoms with Gasteiger partial charge in [-0.05, 0) is 12.1 Å². The molecule has 1 atom stereocenters. The van der Waals surface area contributed by atoms with Crippen LogP contribution in [0, 0.1) is 11.6 Å². The van der Waals surface area contributed by atoms with Crippen molar-refractivity contribution in [3.63, 3.8) is 0 Å². The minimum absolute atomic E-state index is 0.187. The Morgan fingerprint density at radius 2 is 1.71 bits per heavy atom. The molecule has 0 radical (unpaired) electrons. The van der Waals surface area contributed by atoms with Crippen LogP contribution in [0.15, 0.2) is 30.3 Å². The summed E-state index contributed by atoms with van der Waals surface area (Å²) in [5.41, 5.74) is 0.0407. The number of halogens is 3. The summed E-state index contributed by atoms with van der Waals surface area (Å²) in [5, 5.41) is 10.5. The lowest BCUT2D eigenvalue weighted by atomic mass is 10.00. The molecule has 1 heterocycles. The number of aliphatic hydroxyl groups is 1. The van der Waals surface area contributed by atoms with Crippen molar-refractivity contribution in [1.82, 2.24) is 0 Å². The van der Waals surface area contributed by atoms with Crippen LogP contribution < -0.4 is 9.47 Å². The average molecular weight is 313 g/mol. The fourth-order valence-corrected chi connectivity index (χ4v) is 2.45. The molecule has 0 amide bonds. The number of benzene rings is 2. The van der Waals surface area contributed by atoms with Gasteiger partial charge in [0.25, 0.3) is 0 Å². The molecule has 3 nitrogen and oxygen atoms in total. The summed E-state index contributed by atoms with van der Waals surface area (Å²) in [6.45, 7) is 0.780. The normalized spacial score (nSPS) is 14.9. The SMILES string of the molecule is OC(c1cc2c(cc1Cl)OCCO2)c1cccc(F)c1F. The quantitative estimate of drug-likeness (QED) is 0.923. The lowest BCUT2D eigenvalue weighted by molar-refractivity contribution is 0.169. The first-order valence-electron chi connectivity index (χ1n) is 6.29. The van der Waals surface area contributed by atoms with Gasteiger partial charge in [0.15, 0.2) is 23.1 Å². The summed E-state index contributed by atoms with van der Waals surface area (Å²) in [6.07, 6.45) is -1.40. The van der Waals surface area contributed by atoms with Crippen molar-refractivity contribution >= 4 is 11.6 Å². The Balaban J connectivity index is 2.05. The van der Waals surface area contributed by atoms with E-state index in [1.807, 2.05) is 0 Å². The molecule has 21 heavy (non-hydrogen) atoms. The second-order valence-electron chi connectivity index (χ2n) is 4.56. The zero-order chi connectivity index (χ0) is 15.0. The second kappa shape index (κ2) is 5.50. The number of fused-ring (bicyclic) bond motifs is 1. The van der Waals surface area contributed by atoms with E-state index in [0.29, 0.717) is 24.7 Å². The average Bonchev–Trinajstić information content (AvgIpc) is 2.48. The zero-order valence-electron chi connectivity index (χ0n) is 10.8. The van der Waals surface area contributed by atoms with Crippen LogP contribution in [0.4, 0.5) is 8.78 Å². The molecule has 1 aliphatic heterocycles. The van der Waals surface area contributed by atoms with E-state index in [-0.39, 0.29) is 16.1 Å². The fraction of sp³-hybridized carbons (Fsp3) is 0.200. The lowest BCUT2D eigenvalue weighted by Gasteiger charge is -2.21. The fourth-order valence-electron chi connectivity index (χ4n) is 2.19. The van der Waals surface area contributed by atoms with Crippen LogP contribution in [0.25, 0.3) is 0 Å². The van der Waals surface area contributed by atoms with E-state index < -0.39 is 17.7 Å². The van der Waals surface area contributed by atoms with E-state index in [0.717, 1.165) is 6.07 Å². The highest BCUT2D eigenvalue weighted by atomic mass is 35.5. The van der Waals surface area contributed by atoms with E-state index in [1.54, 1.807) is 0 Å². The largest absolute Gasteiger partial charge is 0.486 e. The minimum atomic E-state index is -1.40. The van der Waals surface area contributed by atoms with Crippen molar-refractivity contribution in [2.75, 3.05) is 13.2 Å². The highest BCUT2D eigenvalue weighted by Gasteiger charge is 2.23. The molecule has 110 valence electrons. The van der Waals surface area contributed by atoms with Gasteiger partial charge in [-0.15, -0.1) is 0 Å². The van der Waals surface area contributed by atoms with E-state index in [4.69, 9.17) is 21.1 Å². The first-order valence-corrected chi connectivity index (χ1v) is 6.66. The molecule has 6 heteroatoms. The third-order valence-electron chi connectivity index (χ3n) is 3.23. The molecular formula is C15H11ClF2O3. The van der Waals surface area contributed by atoms with E-state index in [2.05, 4.69) is 0 Å². The van der Waals surface area contributed by atoms with Gasteiger partial charge in [0.2, 0.25) is 0 Å². The summed E-state index contributed by atoms with van der Waals surface area (Å²) in [5.74, 6) is -1.26. The van der Waals surface area contributed by atoms with Crippen LogP contribution in [0.5, 0.6) is 11.5 Å². The summed E-state index contributed by atoms with van der Waals surface area (Å²) in [7, 11) is 0. The maximum absolute atomic E-state index is 13.8. The van der Waals surface area contributed by atoms with Crippen LogP contribution in [0.2, 0.25) is 5.02 Å². The smallest absolute Gasteiger partial charge is 0.164 e. The number of hydrogen-bond acceptors (Lipinski definition) is 3. The number of ether oxygens (including phenoxy) is 2. The predicted octanol–water partition coefficient (Wildman–Crippen LogP) is 3.47. The molecule has 0 aromatic heterocycles. The summed E-state index contributed by atoms with van der Waals surface area (Å²) in [4.78, 5) is 0. The van der Waals surface area contributed by atoms with Gasteiger partial charge in [-0.25, -0.2) is 8.78 Å². The highest BCUT2D eigenvalue weighted by Crippen LogP contribution is 2.39. The van der Waals surface area contributed by atoms with Gasteiger partial charge in [0, 0.05) is 17.2 Å². The maximum atomic E-state index is 13.8. The minimum Gasteiger partial charge on any atom is -0.486 e. The molecule has 2 aromatic carbocycles. The van der Waals surface area contributed by atoms with Gasteiger partial charge in [0.05, 0.1) is 5.02 Å². The predicted molar refractivity (Wildman–Crippen MR) is 72.9 cm³/mol. The Morgan fingerprint density at radius 1 is 1.05 bits per heavy atom. The van der Waals surface area contributed by atoms with E-state index >= 15 is 0 Å². The third-order valence-corrected chi connectivity index (χ3v) is 3.56. The van der Waals surface area contributed by atoms with Crippen LogP contribution in [-0.4, -0.2) is 18.3 Å². The van der Waals surface area contributed by atoms with Crippen molar-refractivity contribution < 1.29 is 23.4 Å². The Hall–Kier alpha value is -1.85. The molecule has 0 spiro atoms. The molecule has 2 aromatic rings. The van der Waals surface area contributed by atoms with Crippen LogP contribution >= 0.6 is 11.6 Å². The lowest BCUT2D eigenvalue weighted by Crippen LogP contribution is -2.16. The molecular weight excluding hydrogens is 302 g/mol. The Kier molecular flexibility index (Phi) is 3.69. The van der Waals surface area contributed by atoms with E-state index in [1.165, 1.54) is 24.3 Å². The monoisotopic (exact) mass is 312 g/mol. The van der Waals surface area contributed by atoms with E-state index in [9.17, 15) is 13.9 Å². The van der Waals surface area contributed by atoms with Crippen LogP contribution in [-0.2, 0) is 0 Å². The molecule has 1 aliphatic rings. The number of aliphatic hydroxyl groups excluding tert-OH is 1. The van der Waals surface area contributed by atoms with Gasteiger partial charge < -0.3 is 14.6 Å². The van der Waals surface area contributed by atoms with Gasteiger partial charge in [-0.2, -0.15) is 0 Å². The molecule has 0 saturated heterocycles. The maximum Gasteiger partial charge on any atom is 0.164 e. The summed E-state index contributed by atoms with van der Waals surface area (Å²) in [6, 6.07) is 6.58. The van der Waals surface area contributed by atoms with Gasteiger partial charge in [-0.3, -0.25) is 0 Å². The molecule has 1 N–H and O–H groups in total. The van der Waals surface area contributed by atoms with Gasteiger partial charge in [-0.1, -0.05) is 23.7 Å². The van der Waals surface area contributed by atoms with Crippen LogP contribution in [0.1, 0.15) is 17.2 Å². The molecule has 1 unspecified atom stereocenters. The molecule has 3 rings (SSSR count). The second-order valence-corrected chi connectivity index (χ2v) is 4.97.